The monoisotopic (exact) mass is 333 g/mol. The molecule has 0 radical (unpaired) electrons. The molecule has 0 saturated heterocycles. The molecule has 2 amide bonds. The first-order valence-electron chi connectivity index (χ1n) is 7.25. The molecule has 0 unspecified atom stereocenters. The third-order valence-corrected chi connectivity index (χ3v) is 4.38. The maximum atomic E-state index is 11.3. The molecule has 0 fully saturated rings. The summed E-state index contributed by atoms with van der Waals surface area (Å²) in [5.41, 5.74) is 0. The van der Waals surface area contributed by atoms with Gasteiger partial charge in [-0.25, -0.2) is 4.79 Å². The zero-order chi connectivity index (χ0) is 15.6. The number of urea groups is 1. The molecule has 0 aliphatic carbocycles. The quantitative estimate of drug-likeness (QED) is 0.221. The van der Waals surface area contributed by atoms with Gasteiger partial charge < -0.3 is 20.7 Å². The number of unbranched alkanes of at least 4 members (excludes halogenated alkanes) is 1. The molecule has 0 bridgehead atoms. The molecule has 122 valence electrons. The molecular formula is C14H27N3O2S2. The SMILES string of the molecule is CCC#CCNC(=O)NCCCCOCSSCCNC. The fraction of sp³-hybridized carbons (Fsp3) is 0.786. The fourth-order valence-electron chi connectivity index (χ4n) is 1.24. The van der Waals surface area contributed by atoms with E-state index in [2.05, 4.69) is 27.8 Å². The van der Waals surface area contributed by atoms with Crippen molar-refractivity contribution in [1.29, 1.82) is 0 Å². The van der Waals surface area contributed by atoms with Crippen molar-refractivity contribution >= 4 is 27.6 Å². The molecule has 0 aliphatic heterocycles. The Balaban J connectivity index is 3.16. The highest BCUT2D eigenvalue weighted by Gasteiger charge is 1.97. The van der Waals surface area contributed by atoms with Gasteiger partial charge in [0.25, 0.3) is 0 Å². The van der Waals surface area contributed by atoms with Crippen molar-refractivity contribution in [3.05, 3.63) is 0 Å². The van der Waals surface area contributed by atoms with Crippen molar-refractivity contribution in [1.82, 2.24) is 16.0 Å². The highest BCUT2D eigenvalue weighted by molar-refractivity contribution is 8.76. The Bertz CT molecular complexity index is 306. The van der Waals surface area contributed by atoms with Crippen LogP contribution in [-0.2, 0) is 4.74 Å². The summed E-state index contributed by atoms with van der Waals surface area (Å²) in [6.07, 6.45) is 2.69. The number of ether oxygens (including phenoxy) is 1. The average Bonchev–Trinajstić information content (AvgIpc) is 2.49. The van der Waals surface area contributed by atoms with Gasteiger partial charge in [0.2, 0.25) is 0 Å². The Labute approximate surface area is 136 Å². The van der Waals surface area contributed by atoms with Crippen molar-refractivity contribution in [2.75, 3.05) is 45.0 Å². The third-order valence-electron chi connectivity index (χ3n) is 2.29. The molecule has 0 saturated carbocycles. The van der Waals surface area contributed by atoms with Crippen molar-refractivity contribution < 1.29 is 9.53 Å². The molecule has 5 nitrogen and oxygen atoms in total. The lowest BCUT2D eigenvalue weighted by molar-refractivity contribution is 0.178. The molecule has 0 aromatic rings. The minimum absolute atomic E-state index is 0.155. The minimum Gasteiger partial charge on any atom is -0.370 e. The normalized spacial score (nSPS) is 9.81. The van der Waals surface area contributed by atoms with Crippen molar-refractivity contribution in [2.24, 2.45) is 0 Å². The van der Waals surface area contributed by atoms with Crippen molar-refractivity contribution in [3.63, 3.8) is 0 Å². The summed E-state index contributed by atoms with van der Waals surface area (Å²) in [7, 11) is 5.50. The Morgan fingerprint density at radius 1 is 1.14 bits per heavy atom. The molecule has 0 aliphatic rings. The number of carbonyl (C=O) groups is 1. The summed E-state index contributed by atoms with van der Waals surface area (Å²) in [4.78, 5) is 11.3. The molecule has 0 atom stereocenters. The van der Waals surface area contributed by atoms with E-state index in [1.54, 1.807) is 10.8 Å². The van der Waals surface area contributed by atoms with E-state index < -0.39 is 0 Å². The topological polar surface area (TPSA) is 62.4 Å². The van der Waals surface area contributed by atoms with Crippen LogP contribution in [0.15, 0.2) is 0 Å². The highest BCUT2D eigenvalue weighted by atomic mass is 33.1. The van der Waals surface area contributed by atoms with E-state index >= 15 is 0 Å². The smallest absolute Gasteiger partial charge is 0.315 e. The number of nitrogens with one attached hydrogen (secondary N) is 3. The lowest BCUT2D eigenvalue weighted by Gasteiger charge is -2.06. The molecule has 0 spiro atoms. The van der Waals surface area contributed by atoms with E-state index in [1.165, 1.54) is 0 Å². The van der Waals surface area contributed by atoms with Gasteiger partial charge in [-0.05, 0) is 19.9 Å². The maximum Gasteiger partial charge on any atom is 0.315 e. The Morgan fingerprint density at radius 2 is 2.00 bits per heavy atom. The first kappa shape index (κ1) is 20.5. The van der Waals surface area contributed by atoms with Crippen LogP contribution in [-0.4, -0.2) is 51.0 Å². The average molecular weight is 334 g/mol. The van der Waals surface area contributed by atoms with E-state index in [0.717, 1.165) is 44.1 Å². The number of rotatable bonds is 12. The van der Waals surface area contributed by atoms with E-state index in [-0.39, 0.29) is 6.03 Å². The molecule has 0 aromatic heterocycles. The fourth-order valence-corrected chi connectivity index (χ4v) is 2.91. The highest BCUT2D eigenvalue weighted by Crippen LogP contribution is 2.20. The Hall–Kier alpha value is -0.550. The number of carbonyl (C=O) groups excluding carboxylic acids is 1. The van der Waals surface area contributed by atoms with E-state index in [0.29, 0.717) is 13.1 Å². The molecule has 3 N–H and O–H groups in total. The lowest BCUT2D eigenvalue weighted by Crippen LogP contribution is -2.36. The summed E-state index contributed by atoms with van der Waals surface area (Å²) in [5, 5.41) is 8.58. The molecule has 7 heteroatoms. The second-order valence-corrected chi connectivity index (χ2v) is 6.62. The van der Waals surface area contributed by atoms with Crippen LogP contribution in [0.1, 0.15) is 26.2 Å². The predicted molar refractivity (Wildman–Crippen MR) is 93.5 cm³/mol. The summed E-state index contributed by atoms with van der Waals surface area (Å²) < 4.78 is 5.49. The summed E-state index contributed by atoms with van der Waals surface area (Å²) in [6.45, 7) is 4.82. The predicted octanol–water partition coefficient (Wildman–Crippen LogP) is 2.05. The van der Waals surface area contributed by atoms with Gasteiger partial charge in [0.05, 0.1) is 6.54 Å². The maximum absolute atomic E-state index is 11.3. The van der Waals surface area contributed by atoms with Crippen LogP contribution in [0, 0.1) is 11.8 Å². The van der Waals surface area contributed by atoms with Gasteiger partial charge in [-0.3, -0.25) is 0 Å². The first-order chi connectivity index (χ1) is 10.3. The first-order valence-corrected chi connectivity index (χ1v) is 9.74. The Kier molecular flexibility index (Phi) is 17.0. The van der Waals surface area contributed by atoms with Gasteiger partial charge >= 0.3 is 6.03 Å². The van der Waals surface area contributed by atoms with Gasteiger partial charge in [0.15, 0.2) is 0 Å². The van der Waals surface area contributed by atoms with Gasteiger partial charge in [0.1, 0.15) is 5.94 Å². The van der Waals surface area contributed by atoms with Gasteiger partial charge in [-0.2, -0.15) is 0 Å². The molecule has 0 heterocycles. The number of amides is 2. The molecule has 0 aromatic carbocycles. The number of hydrogen-bond acceptors (Lipinski definition) is 5. The summed E-state index contributed by atoms with van der Waals surface area (Å²) in [6, 6.07) is -0.155. The van der Waals surface area contributed by atoms with Gasteiger partial charge in [-0.15, -0.1) is 5.92 Å². The van der Waals surface area contributed by atoms with Crippen LogP contribution in [0.25, 0.3) is 0 Å². The van der Waals surface area contributed by atoms with Crippen LogP contribution in [0.2, 0.25) is 0 Å². The minimum atomic E-state index is -0.155. The van der Waals surface area contributed by atoms with Crippen LogP contribution < -0.4 is 16.0 Å². The standard InChI is InChI=1S/C14H27N3O2S2/c1-3-4-5-8-16-14(18)17-9-6-7-11-19-13-21-20-12-10-15-2/h15H,3,6-13H2,1-2H3,(H2,16,17,18). The van der Waals surface area contributed by atoms with Crippen molar-refractivity contribution in [2.45, 2.75) is 26.2 Å². The molecule has 21 heavy (non-hydrogen) atoms. The molecule has 0 rings (SSSR count). The third kappa shape index (κ3) is 17.4. The molecular weight excluding hydrogens is 306 g/mol. The van der Waals surface area contributed by atoms with E-state index in [9.17, 15) is 4.79 Å². The number of hydrogen-bond donors (Lipinski definition) is 3. The van der Waals surface area contributed by atoms with Gasteiger partial charge in [0, 0.05) is 31.9 Å². The van der Waals surface area contributed by atoms with Crippen molar-refractivity contribution in [3.8, 4) is 11.8 Å². The van der Waals surface area contributed by atoms with Crippen LogP contribution >= 0.6 is 21.6 Å². The van der Waals surface area contributed by atoms with Crippen LogP contribution in [0.5, 0.6) is 0 Å². The van der Waals surface area contributed by atoms with Crippen LogP contribution in [0.3, 0.4) is 0 Å². The summed E-state index contributed by atoms with van der Waals surface area (Å²) in [5.74, 6) is 7.57. The lowest BCUT2D eigenvalue weighted by atomic mass is 10.3. The van der Waals surface area contributed by atoms with E-state index in [1.807, 2.05) is 24.8 Å². The largest absolute Gasteiger partial charge is 0.370 e. The zero-order valence-corrected chi connectivity index (χ0v) is 14.6. The summed E-state index contributed by atoms with van der Waals surface area (Å²) >= 11 is 0. The van der Waals surface area contributed by atoms with Gasteiger partial charge in [-0.1, -0.05) is 34.4 Å². The zero-order valence-electron chi connectivity index (χ0n) is 13.0. The van der Waals surface area contributed by atoms with Crippen LogP contribution in [0.4, 0.5) is 4.79 Å². The van der Waals surface area contributed by atoms with E-state index in [4.69, 9.17) is 4.74 Å². The second kappa shape index (κ2) is 17.5. The Morgan fingerprint density at radius 3 is 2.76 bits per heavy atom. The second-order valence-electron chi connectivity index (χ2n) is 4.09.